The Hall–Kier alpha value is -0.340. The highest BCUT2D eigenvalue weighted by Gasteiger charge is 2.33. The third-order valence-electron chi connectivity index (χ3n) is 2.61. The second-order valence-corrected chi connectivity index (χ2v) is 3.82. The summed E-state index contributed by atoms with van der Waals surface area (Å²) in [5.74, 6) is 0.436. The van der Waals surface area contributed by atoms with Gasteiger partial charge in [0.2, 0.25) is 0 Å². The second-order valence-electron chi connectivity index (χ2n) is 3.52. The van der Waals surface area contributed by atoms with Gasteiger partial charge in [-0.2, -0.15) is 0 Å². The standard InChI is InChI=1S/C11H17ClFN/c1-2-10(4-3-7-12)11(13)5-8-14-9-6-11/h2-4,14H,5-9H2,1H3/b4-3-,10-2+. The molecular formula is C11H17ClFN. The quantitative estimate of drug-likeness (QED) is 0.566. The van der Waals surface area contributed by atoms with Gasteiger partial charge in [0.25, 0.3) is 0 Å². The number of allylic oxidation sites excluding steroid dienone is 4. The van der Waals surface area contributed by atoms with Gasteiger partial charge in [0, 0.05) is 5.88 Å². The molecule has 0 atom stereocenters. The molecule has 80 valence electrons. The highest BCUT2D eigenvalue weighted by Crippen LogP contribution is 2.32. The maximum absolute atomic E-state index is 14.4. The SMILES string of the molecule is C/C=C(\C=C/CCl)C1(F)CCNCC1. The minimum Gasteiger partial charge on any atom is -0.316 e. The Morgan fingerprint density at radius 3 is 2.64 bits per heavy atom. The van der Waals surface area contributed by atoms with Crippen LogP contribution in [0.1, 0.15) is 19.8 Å². The van der Waals surface area contributed by atoms with E-state index in [1.165, 1.54) is 0 Å². The van der Waals surface area contributed by atoms with Crippen LogP contribution in [0.4, 0.5) is 4.39 Å². The lowest BCUT2D eigenvalue weighted by molar-refractivity contribution is 0.162. The van der Waals surface area contributed by atoms with Crippen LogP contribution >= 0.6 is 11.6 Å². The fourth-order valence-electron chi connectivity index (χ4n) is 1.79. The van der Waals surface area contributed by atoms with Crippen molar-refractivity contribution in [2.75, 3.05) is 19.0 Å². The van der Waals surface area contributed by atoms with Crippen molar-refractivity contribution in [3.05, 3.63) is 23.8 Å². The van der Waals surface area contributed by atoms with Crippen LogP contribution in [0.25, 0.3) is 0 Å². The van der Waals surface area contributed by atoms with Gasteiger partial charge in [-0.1, -0.05) is 18.2 Å². The molecule has 1 aliphatic heterocycles. The smallest absolute Gasteiger partial charge is 0.138 e. The highest BCUT2D eigenvalue weighted by atomic mass is 35.5. The Balaban J connectivity index is 2.71. The van der Waals surface area contributed by atoms with E-state index in [2.05, 4.69) is 5.32 Å². The Bertz CT molecular complexity index is 229. The largest absolute Gasteiger partial charge is 0.316 e. The summed E-state index contributed by atoms with van der Waals surface area (Å²) in [4.78, 5) is 0. The average Bonchev–Trinajstić information content (AvgIpc) is 2.20. The van der Waals surface area contributed by atoms with Crippen LogP contribution in [-0.4, -0.2) is 24.6 Å². The Morgan fingerprint density at radius 1 is 1.50 bits per heavy atom. The minimum atomic E-state index is -1.15. The van der Waals surface area contributed by atoms with Gasteiger partial charge in [-0.15, -0.1) is 11.6 Å². The van der Waals surface area contributed by atoms with Crippen molar-refractivity contribution in [1.82, 2.24) is 5.32 Å². The average molecular weight is 218 g/mol. The van der Waals surface area contributed by atoms with Crippen molar-refractivity contribution in [3.63, 3.8) is 0 Å². The van der Waals surface area contributed by atoms with Crippen molar-refractivity contribution in [1.29, 1.82) is 0 Å². The van der Waals surface area contributed by atoms with Crippen LogP contribution in [0.15, 0.2) is 23.8 Å². The number of hydrogen-bond donors (Lipinski definition) is 1. The summed E-state index contributed by atoms with van der Waals surface area (Å²) in [6, 6.07) is 0. The molecule has 0 aromatic rings. The van der Waals surface area contributed by atoms with E-state index in [0.717, 1.165) is 18.7 Å². The lowest BCUT2D eigenvalue weighted by Crippen LogP contribution is -2.39. The molecule has 1 fully saturated rings. The van der Waals surface area contributed by atoms with Crippen molar-refractivity contribution >= 4 is 11.6 Å². The van der Waals surface area contributed by atoms with Crippen molar-refractivity contribution in [3.8, 4) is 0 Å². The van der Waals surface area contributed by atoms with Crippen LogP contribution in [0, 0.1) is 0 Å². The number of alkyl halides is 2. The van der Waals surface area contributed by atoms with Crippen molar-refractivity contribution < 1.29 is 4.39 Å². The Labute approximate surface area is 90.0 Å². The molecule has 0 radical (unpaired) electrons. The zero-order chi connectivity index (χ0) is 10.4. The van der Waals surface area contributed by atoms with Gasteiger partial charge < -0.3 is 5.32 Å². The van der Waals surface area contributed by atoms with E-state index in [1.807, 2.05) is 13.0 Å². The molecule has 0 saturated carbocycles. The molecule has 0 amide bonds. The first-order chi connectivity index (χ1) is 6.73. The molecule has 0 aliphatic carbocycles. The van der Waals surface area contributed by atoms with Gasteiger partial charge in [-0.05, 0) is 38.4 Å². The maximum atomic E-state index is 14.4. The molecule has 1 rings (SSSR count). The van der Waals surface area contributed by atoms with E-state index in [1.54, 1.807) is 12.2 Å². The van der Waals surface area contributed by atoms with Gasteiger partial charge in [-0.25, -0.2) is 4.39 Å². The van der Waals surface area contributed by atoms with Gasteiger partial charge in [-0.3, -0.25) is 0 Å². The third-order valence-corrected chi connectivity index (χ3v) is 2.79. The molecule has 0 bridgehead atoms. The normalized spacial score (nSPS) is 22.9. The summed E-state index contributed by atoms with van der Waals surface area (Å²) < 4.78 is 14.4. The van der Waals surface area contributed by atoms with Gasteiger partial charge in [0.1, 0.15) is 5.67 Å². The molecule has 1 aliphatic rings. The van der Waals surface area contributed by atoms with Crippen LogP contribution in [0.2, 0.25) is 0 Å². The maximum Gasteiger partial charge on any atom is 0.138 e. The number of halogens is 2. The topological polar surface area (TPSA) is 12.0 Å². The van der Waals surface area contributed by atoms with Crippen molar-refractivity contribution in [2.24, 2.45) is 0 Å². The molecule has 0 spiro atoms. The second kappa shape index (κ2) is 5.52. The first kappa shape index (κ1) is 11.7. The first-order valence-electron chi connectivity index (χ1n) is 5.02. The lowest BCUT2D eigenvalue weighted by Gasteiger charge is -2.31. The minimum absolute atomic E-state index is 0.436. The van der Waals surface area contributed by atoms with E-state index >= 15 is 0 Å². The highest BCUT2D eigenvalue weighted by molar-refractivity contribution is 6.18. The summed E-state index contributed by atoms with van der Waals surface area (Å²) in [6.07, 6.45) is 6.55. The van der Waals surface area contributed by atoms with E-state index < -0.39 is 5.67 Å². The van der Waals surface area contributed by atoms with Gasteiger partial charge >= 0.3 is 0 Å². The summed E-state index contributed by atoms with van der Waals surface area (Å²) in [6.45, 7) is 3.38. The number of piperidine rings is 1. The van der Waals surface area contributed by atoms with Crippen molar-refractivity contribution in [2.45, 2.75) is 25.4 Å². The first-order valence-corrected chi connectivity index (χ1v) is 5.55. The van der Waals surface area contributed by atoms with Gasteiger partial charge in [0.05, 0.1) is 0 Å². The molecule has 0 aromatic heterocycles. The fourth-order valence-corrected chi connectivity index (χ4v) is 1.88. The predicted molar refractivity (Wildman–Crippen MR) is 59.6 cm³/mol. The van der Waals surface area contributed by atoms with E-state index in [9.17, 15) is 4.39 Å². The molecule has 1 saturated heterocycles. The summed E-state index contributed by atoms with van der Waals surface area (Å²) in [7, 11) is 0. The Kier molecular flexibility index (Phi) is 4.63. The van der Waals surface area contributed by atoms with E-state index in [0.29, 0.717) is 18.7 Å². The number of nitrogens with one attached hydrogen (secondary N) is 1. The summed E-state index contributed by atoms with van der Waals surface area (Å²) in [5.41, 5.74) is -0.387. The molecule has 1 heterocycles. The molecule has 0 aromatic carbocycles. The molecular weight excluding hydrogens is 201 g/mol. The molecule has 1 N–H and O–H groups in total. The third kappa shape index (κ3) is 2.82. The van der Waals surface area contributed by atoms with Crippen LogP contribution in [-0.2, 0) is 0 Å². The van der Waals surface area contributed by atoms with E-state index in [-0.39, 0.29) is 0 Å². The molecule has 3 heteroatoms. The van der Waals surface area contributed by atoms with Crippen LogP contribution < -0.4 is 5.32 Å². The number of hydrogen-bond acceptors (Lipinski definition) is 1. The van der Waals surface area contributed by atoms with E-state index in [4.69, 9.17) is 11.6 Å². The molecule has 14 heavy (non-hydrogen) atoms. The summed E-state index contributed by atoms with van der Waals surface area (Å²) in [5, 5.41) is 3.16. The molecule has 1 nitrogen and oxygen atoms in total. The zero-order valence-electron chi connectivity index (χ0n) is 8.52. The van der Waals surface area contributed by atoms with Crippen LogP contribution in [0.3, 0.4) is 0 Å². The number of rotatable bonds is 3. The summed E-state index contributed by atoms with van der Waals surface area (Å²) >= 11 is 5.54. The predicted octanol–water partition coefficient (Wildman–Crippen LogP) is 2.82. The molecule has 0 unspecified atom stereocenters. The lowest BCUT2D eigenvalue weighted by atomic mass is 9.86. The van der Waals surface area contributed by atoms with Gasteiger partial charge in [0.15, 0.2) is 0 Å². The Morgan fingerprint density at radius 2 is 2.14 bits per heavy atom. The fraction of sp³-hybridized carbons (Fsp3) is 0.636. The van der Waals surface area contributed by atoms with Crippen LogP contribution in [0.5, 0.6) is 0 Å². The monoisotopic (exact) mass is 217 g/mol. The zero-order valence-corrected chi connectivity index (χ0v) is 9.28.